The second-order valence-electron chi connectivity index (χ2n) is 8.29. The molecule has 0 saturated carbocycles. The standard InChI is InChI=1S/C24H26BrN5O4S2/c1-17(31)26-13-12-23-27-28-24(30(23)20-8-6-19(25)7-9-20)35-16-22(32)18-4-10-21(11-5-18)36(33,34)29-14-2-3-15-29/h4-11H,2-3,12-16H2,1H3,(H,26,31). The third-order valence-corrected chi connectivity index (χ3v) is 9.09. The third-order valence-electron chi connectivity index (χ3n) is 5.72. The van der Waals surface area contributed by atoms with Gasteiger partial charge in [0.15, 0.2) is 10.9 Å². The molecule has 2 heterocycles. The maximum atomic E-state index is 12.9. The molecule has 36 heavy (non-hydrogen) atoms. The van der Waals surface area contributed by atoms with Gasteiger partial charge in [0.2, 0.25) is 15.9 Å². The van der Waals surface area contributed by atoms with E-state index in [4.69, 9.17) is 0 Å². The number of thioether (sulfide) groups is 1. The zero-order chi connectivity index (χ0) is 25.7. The monoisotopic (exact) mass is 591 g/mol. The van der Waals surface area contributed by atoms with Crippen LogP contribution in [0.2, 0.25) is 0 Å². The number of hydrogen-bond acceptors (Lipinski definition) is 7. The van der Waals surface area contributed by atoms with E-state index in [1.54, 1.807) is 12.1 Å². The van der Waals surface area contributed by atoms with E-state index >= 15 is 0 Å². The average molecular weight is 593 g/mol. The molecule has 1 fully saturated rings. The quantitative estimate of drug-likeness (QED) is 0.283. The first-order chi connectivity index (χ1) is 17.3. The van der Waals surface area contributed by atoms with Crippen LogP contribution in [0.5, 0.6) is 0 Å². The molecule has 1 N–H and O–H groups in total. The van der Waals surface area contributed by atoms with Crippen molar-refractivity contribution in [2.75, 3.05) is 25.4 Å². The van der Waals surface area contributed by atoms with Gasteiger partial charge in [0, 0.05) is 48.7 Å². The molecule has 12 heteroatoms. The van der Waals surface area contributed by atoms with Crippen molar-refractivity contribution >= 4 is 49.4 Å². The van der Waals surface area contributed by atoms with Crippen LogP contribution in [0.4, 0.5) is 0 Å². The maximum Gasteiger partial charge on any atom is 0.243 e. The number of ketones is 1. The molecular weight excluding hydrogens is 566 g/mol. The van der Waals surface area contributed by atoms with Gasteiger partial charge in [0.1, 0.15) is 5.82 Å². The van der Waals surface area contributed by atoms with Crippen molar-refractivity contribution in [1.82, 2.24) is 24.4 Å². The number of carbonyl (C=O) groups excluding carboxylic acids is 2. The molecule has 0 unspecified atom stereocenters. The minimum Gasteiger partial charge on any atom is -0.356 e. The molecule has 1 aliphatic heterocycles. The third kappa shape index (κ3) is 6.23. The number of aromatic nitrogens is 3. The van der Waals surface area contributed by atoms with Crippen LogP contribution in [0.25, 0.3) is 5.69 Å². The zero-order valence-corrected chi connectivity index (χ0v) is 22.9. The average Bonchev–Trinajstić information content (AvgIpc) is 3.54. The molecule has 1 aromatic heterocycles. The van der Waals surface area contributed by atoms with E-state index in [1.807, 2.05) is 28.8 Å². The predicted octanol–water partition coefficient (Wildman–Crippen LogP) is 3.47. The SMILES string of the molecule is CC(=O)NCCc1nnc(SCC(=O)c2ccc(S(=O)(=O)N3CCCC3)cc2)n1-c1ccc(Br)cc1. The van der Waals surface area contributed by atoms with Gasteiger partial charge < -0.3 is 5.32 Å². The first-order valence-corrected chi connectivity index (χ1v) is 14.7. The number of hydrogen-bond donors (Lipinski definition) is 1. The number of halogens is 1. The molecular formula is C24H26BrN5O4S2. The largest absolute Gasteiger partial charge is 0.356 e. The molecule has 0 spiro atoms. The Kier molecular flexibility index (Phi) is 8.60. The highest BCUT2D eigenvalue weighted by molar-refractivity contribution is 9.10. The summed E-state index contributed by atoms with van der Waals surface area (Å²) in [6.45, 7) is 2.94. The van der Waals surface area contributed by atoms with Gasteiger partial charge in [-0.3, -0.25) is 14.2 Å². The second-order valence-corrected chi connectivity index (χ2v) is 12.1. The molecule has 9 nitrogen and oxygen atoms in total. The molecule has 0 aliphatic carbocycles. The molecule has 0 radical (unpaired) electrons. The molecule has 190 valence electrons. The van der Waals surface area contributed by atoms with Gasteiger partial charge in [0.05, 0.1) is 10.6 Å². The van der Waals surface area contributed by atoms with Gasteiger partial charge in [-0.15, -0.1) is 10.2 Å². The summed E-state index contributed by atoms with van der Waals surface area (Å²) in [5, 5.41) is 11.9. The predicted molar refractivity (Wildman–Crippen MR) is 141 cm³/mol. The van der Waals surface area contributed by atoms with E-state index < -0.39 is 10.0 Å². The van der Waals surface area contributed by atoms with Crippen molar-refractivity contribution in [1.29, 1.82) is 0 Å². The summed E-state index contributed by atoms with van der Waals surface area (Å²) in [5.74, 6) is 0.510. The lowest BCUT2D eigenvalue weighted by Gasteiger charge is -2.15. The Morgan fingerprint density at radius 1 is 1.03 bits per heavy atom. The van der Waals surface area contributed by atoms with Crippen molar-refractivity contribution in [3.8, 4) is 5.69 Å². The van der Waals surface area contributed by atoms with Crippen LogP contribution in [-0.2, 0) is 21.2 Å². The Morgan fingerprint density at radius 3 is 2.33 bits per heavy atom. The number of sulfonamides is 1. The van der Waals surface area contributed by atoms with E-state index in [9.17, 15) is 18.0 Å². The summed E-state index contributed by atoms with van der Waals surface area (Å²) in [5.41, 5.74) is 1.27. The highest BCUT2D eigenvalue weighted by atomic mass is 79.9. The Bertz CT molecular complexity index is 1340. The second kappa shape index (κ2) is 11.7. The Hall–Kier alpha value is -2.54. The van der Waals surface area contributed by atoms with Gasteiger partial charge in [0.25, 0.3) is 0 Å². The van der Waals surface area contributed by atoms with Crippen LogP contribution in [-0.4, -0.2) is 64.6 Å². The number of nitrogens with one attached hydrogen (secondary N) is 1. The van der Waals surface area contributed by atoms with Crippen molar-refractivity contribution in [2.45, 2.75) is 36.2 Å². The van der Waals surface area contributed by atoms with Crippen LogP contribution < -0.4 is 5.32 Å². The number of nitrogens with zero attached hydrogens (tertiary/aromatic N) is 4. The van der Waals surface area contributed by atoms with Crippen molar-refractivity contribution in [3.63, 3.8) is 0 Å². The Labute approximate surface area is 222 Å². The molecule has 0 bridgehead atoms. The lowest BCUT2D eigenvalue weighted by molar-refractivity contribution is -0.118. The van der Waals surface area contributed by atoms with E-state index in [0.29, 0.717) is 42.6 Å². The summed E-state index contributed by atoms with van der Waals surface area (Å²) in [7, 11) is -3.52. The van der Waals surface area contributed by atoms with Gasteiger partial charge >= 0.3 is 0 Å². The number of Topliss-reactive ketones (excluding diaryl/α,β-unsaturated/α-hetero) is 1. The smallest absolute Gasteiger partial charge is 0.243 e. The summed E-state index contributed by atoms with van der Waals surface area (Å²) in [6, 6.07) is 13.8. The van der Waals surface area contributed by atoms with Crippen molar-refractivity contribution < 1.29 is 18.0 Å². The fourth-order valence-electron chi connectivity index (χ4n) is 3.86. The minimum absolute atomic E-state index is 0.110. The highest BCUT2D eigenvalue weighted by Gasteiger charge is 2.27. The topological polar surface area (TPSA) is 114 Å². The van der Waals surface area contributed by atoms with Crippen LogP contribution >= 0.6 is 27.7 Å². The summed E-state index contributed by atoms with van der Waals surface area (Å²) < 4.78 is 29.7. The Balaban J connectivity index is 1.48. The zero-order valence-electron chi connectivity index (χ0n) is 19.7. The van der Waals surface area contributed by atoms with Gasteiger partial charge in [-0.2, -0.15) is 4.31 Å². The summed E-state index contributed by atoms with van der Waals surface area (Å²) in [6.07, 6.45) is 2.21. The molecule has 0 atom stereocenters. The van der Waals surface area contributed by atoms with Crippen molar-refractivity contribution in [2.24, 2.45) is 0 Å². The maximum absolute atomic E-state index is 12.9. The number of benzene rings is 2. The van der Waals surface area contributed by atoms with Crippen molar-refractivity contribution in [3.05, 3.63) is 64.4 Å². The lowest BCUT2D eigenvalue weighted by Crippen LogP contribution is -2.27. The number of amides is 1. The van der Waals surface area contributed by atoms with Crippen LogP contribution in [0.1, 0.15) is 35.9 Å². The summed E-state index contributed by atoms with van der Waals surface area (Å²) >= 11 is 4.69. The molecule has 4 rings (SSSR count). The molecule has 1 saturated heterocycles. The molecule has 1 amide bonds. The van der Waals surface area contributed by atoms with Gasteiger partial charge in [-0.25, -0.2) is 8.42 Å². The fourth-order valence-corrected chi connectivity index (χ4v) is 6.51. The van der Waals surface area contributed by atoms with E-state index in [0.717, 1.165) is 23.0 Å². The fraction of sp³-hybridized carbons (Fsp3) is 0.333. The molecule has 3 aromatic rings. The molecule has 1 aliphatic rings. The first-order valence-electron chi connectivity index (χ1n) is 11.5. The Morgan fingerprint density at radius 2 is 1.69 bits per heavy atom. The van der Waals surface area contributed by atoms with Crippen LogP contribution in [0, 0.1) is 0 Å². The highest BCUT2D eigenvalue weighted by Crippen LogP contribution is 2.25. The first kappa shape index (κ1) is 26.5. The van der Waals surface area contributed by atoms with E-state index in [2.05, 4.69) is 31.4 Å². The van der Waals surface area contributed by atoms with Crippen LogP contribution in [0.15, 0.2) is 63.1 Å². The van der Waals surface area contributed by atoms with E-state index in [1.165, 1.54) is 35.1 Å². The summed E-state index contributed by atoms with van der Waals surface area (Å²) in [4.78, 5) is 24.3. The number of carbonyl (C=O) groups is 2. The molecule has 2 aromatic carbocycles. The minimum atomic E-state index is -3.52. The van der Waals surface area contributed by atoms with Crippen LogP contribution in [0.3, 0.4) is 0 Å². The number of rotatable bonds is 10. The van der Waals surface area contributed by atoms with E-state index in [-0.39, 0.29) is 22.3 Å². The lowest BCUT2D eigenvalue weighted by atomic mass is 10.1. The normalized spacial score (nSPS) is 14.2. The van der Waals surface area contributed by atoms with Gasteiger partial charge in [-0.1, -0.05) is 39.8 Å². The van der Waals surface area contributed by atoms with Gasteiger partial charge in [-0.05, 0) is 49.2 Å².